The van der Waals surface area contributed by atoms with Crippen LogP contribution in [0.15, 0.2) is 0 Å². The molecule has 20 nitrogen and oxygen atoms in total. The molecule has 4 rings (SSSR count). The Balaban J connectivity index is 0.000000814. The number of carboxylic acid groups (broad SMARTS) is 1. The van der Waals surface area contributed by atoms with Crippen LogP contribution in [-0.2, 0) is 57.1 Å². The third kappa shape index (κ3) is 14.9. The number of hydrogen-bond acceptors (Lipinski definition) is 16. The van der Waals surface area contributed by atoms with Crippen molar-refractivity contribution in [3.63, 3.8) is 0 Å². The lowest BCUT2D eigenvalue weighted by molar-refractivity contribution is -0.202. The van der Waals surface area contributed by atoms with Crippen molar-refractivity contribution in [2.45, 2.75) is 168 Å². The van der Waals surface area contributed by atoms with Gasteiger partial charge in [0, 0.05) is 28.4 Å². The minimum Gasteiger partial charge on any atom is -0.479 e. The Labute approximate surface area is 373 Å². The first-order chi connectivity index (χ1) is 28.8. The van der Waals surface area contributed by atoms with Gasteiger partial charge in [0.1, 0.15) is 16.8 Å². The molecule has 3 aliphatic heterocycles. The number of methoxy groups -OCH3 is 3. The first-order valence-corrected chi connectivity index (χ1v) is 21.0. The number of aliphatic hydroxyl groups is 1. The summed E-state index contributed by atoms with van der Waals surface area (Å²) in [6.07, 6.45) is 0.478. The van der Waals surface area contributed by atoms with Gasteiger partial charge in [0.05, 0.1) is 51.0 Å². The molecule has 0 aromatic heterocycles. The second-order valence-electron chi connectivity index (χ2n) is 18.3. The molecule has 20 heteroatoms. The molecule has 366 valence electrons. The van der Waals surface area contributed by atoms with Crippen LogP contribution in [-0.4, -0.2) is 180 Å². The highest BCUT2D eigenvalue weighted by atomic mass is 16.6. The first-order valence-electron chi connectivity index (χ1n) is 21.0. The summed E-state index contributed by atoms with van der Waals surface area (Å²) >= 11 is 0. The summed E-state index contributed by atoms with van der Waals surface area (Å²) < 4.78 is 41.0. The first kappa shape index (κ1) is 58.7. The maximum Gasteiger partial charge on any atom is 0.411 e. The molecule has 4 fully saturated rings. The van der Waals surface area contributed by atoms with Crippen molar-refractivity contribution in [1.29, 1.82) is 0 Å². The summed E-state index contributed by atoms with van der Waals surface area (Å²) in [6.45, 7) is 27.8. The van der Waals surface area contributed by atoms with Crippen LogP contribution in [0.2, 0.25) is 0 Å². The van der Waals surface area contributed by atoms with E-state index in [9.17, 15) is 33.6 Å². The zero-order valence-corrected chi connectivity index (χ0v) is 41.1. The van der Waals surface area contributed by atoms with E-state index in [1.165, 1.54) is 28.9 Å². The number of carbonyl (C=O) groups excluding carboxylic acids is 6. The monoisotopic (exact) mass is 908 g/mol. The Morgan fingerprint density at radius 1 is 0.603 bits per heavy atom. The third-order valence-electron chi connectivity index (χ3n) is 10.7. The molecule has 0 spiro atoms. The molecule has 4 aliphatic rings. The van der Waals surface area contributed by atoms with E-state index in [-0.39, 0.29) is 44.0 Å². The standard InChI is InChI=1S/C13H23NO5.C11H19NO5.C9H15NO3.C9H16O3.CH4O/c1-7-18-10(15)13(17-6)8-14(9(13)2)11(16)19-12(3,4)5;1-7-11(16-5,8(13)14)6-12(7)9(15)17-10(2,3)4;1-6-7(11)5-10(6)8(12)13-9(2,3)4;1-4-12-8(10)9(11-3)6-5-7(9)2;1-2/h9H,7-8H2,1-6H3;7H,6H2,1-5H3,(H,13,14);6H,5H2,1-4H3;7H,4-6H2,1-3H3;2H,1H3. The van der Waals surface area contributed by atoms with Crippen LogP contribution in [0.25, 0.3) is 0 Å². The zero-order chi connectivity index (χ0) is 49.7. The van der Waals surface area contributed by atoms with Crippen molar-refractivity contribution in [3.05, 3.63) is 0 Å². The number of aliphatic hydroxyl groups excluding tert-OH is 1. The number of Topliss-reactive ketones (excluding diaryl/α,β-unsaturated/α-hetero) is 1. The predicted octanol–water partition coefficient (Wildman–Crippen LogP) is 4.84. The van der Waals surface area contributed by atoms with Gasteiger partial charge in [0.25, 0.3) is 0 Å². The van der Waals surface area contributed by atoms with Crippen molar-refractivity contribution < 1.29 is 81.7 Å². The lowest BCUT2D eigenvalue weighted by Gasteiger charge is -2.52. The summed E-state index contributed by atoms with van der Waals surface area (Å²) in [6, 6.07) is -1.26. The fourth-order valence-corrected chi connectivity index (χ4v) is 6.46. The predicted molar refractivity (Wildman–Crippen MR) is 229 cm³/mol. The van der Waals surface area contributed by atoms with Crippen LogP contribution in [0, 0.1) is 5.92 Å². The number of esters is 2. The summed E-state index contributed by atoms with van der Waals surface area (Å²) in [5.74, 6) is -1.32. The largest absolute Gasteiger partial charge is 0.479 e. The van der Waals surface area contributed by atoms with Crippen LogP contribution < -0.4 is 0 Å². The minimum atomic E-state index is -1.31. The van der Waals surface area contributed by atoms with Crippen molar-refractivity contribution in [2.75, 3.05) is 61.3 Å². The van der Waals surface area contributed by atoms with Gasteiger partial charge in [-0.2, -0.15) is 0 Å². The highest BCUT2D eigenvalue weighted by molar-refractivity contribution is 5.97. The molecule has 7 unspecified atom stereocenters. The number of carboxylic acids is 1. The van der Waals surface area contributed by atoms with Crippen molar-refractivity contribution in [2.24, 2.45) is 5.92 Å². The minimum absolute atomic E-state index is 0.00884. The lowest BCUT2D eigenvalue weighted by atomic mass is 9.70. The summed E-state index contributed by atoms with van der Waals surface area (Å²) in [4.78, 5) is 84.6. The second-order valence-corrected chi connectivity index (χ2v) is 18.3. The molecular formula is C43H77N3O17. The number of amides is 3. The van der Waals surface area contributed by atoms with E-state index >= 15 is 0 Å². The molecule has 7 atom stereocenters. The fraction of sp³-hybridized carbons (Fsp3) is 0.837. The topological polar surface area (TPSA) is 244 Å². The SMILES string of the molecule is CC1C(=O)CN1C(=O)OC(C)(C)C.CCOC(=O)C1(OC)CCC1C.CCOC(=O)C1(OC)CN(C(=O)OC(C)(C)C)C1C.CO.COC1(C(=O)O)CN(C(=O)OC(C)(C)C)C1C. The Bertz CT molecular complexity index is 1570. The third-order valence-corrected chi connectivity index (χ3v) is 10.7. The number of carbonyl (C=O) groups is 7. The molecule has 0 aromatic carbocycles. The molecule has 1 saturated carbocycles. The number of rotatable bonds is 8. The number of ketones is 1. The molecule has 3 saturated heterocycles. The summed E-state index contributed by atoms with van der Waals surface area (Å²) in [5, 5.41) is 16.1. The van der Waals surface area contributed by atoms with Gasteiger partial charge in [-0.15, -0.1) is 0 Å². The Kier molecular flexibility index (Phi) is 22.0. The van der Waals surface area contributed by atoms with Gasteiger partial charge in [-0.1, -0.05) is 6.92 Å². The van der Waals surface area contributed by atoms with E-state index in [2.05, 4.69) is 0 Å². The molecule has 0 bridgehead atoms. The maximum atomic E-state index is 11.9. The van der Waals surface area contributed by atoms with Gasteiger partial charge in [0.2, 0.25) is 11.2 Å². The van der Waals surface area contributed by atoms with Gasteiger partial charge in [-0.3, -0.25) is 19.5 Å². The number of hydrogen-bond donors (Lipinski definition) is 2. The summed E-state index contributed by atoms with van der Waals surface area (Å²) in [5.41, 5.74) is -4.66. The molecular weight excluding hydrogens is 830 g/mol. The number of nitrogens with zero attached hydrogens (tertiary/aromatic N) is 3. The average Bonchev–Trinajstić information content (AvgIpc) is 3.15. The number of ether oxygens (including phenoxy) is 8. The highest BCUT2D eigenvalue weighted by Gasteiger charge is 2.61. The Morgan fingerprint density at radius 2 is 0.937 bits per heavy atom. The molecule has 1 aliphatic carbocycles. The Hall–Kier alpha value is -4.27. The van der Waals surface area contributed by atoms with Crippen LogP contribution in [0.3, 0.4) is 0 Å². The Morgan fingerprint density at radius 3 is 1.16 bits per heavy atom. The highest BCUT2D eigenvalue weighted by Crippen LogP contribution is 2.42. The zero-order valence-electron chi connectivity index (χ0n) is 41.1. The van der Waals surface area contributed by atoms with Crippen LogP contribution in [0.1, 0.15) is 117 Å². The van der Waals surface area contributed by atoms with E-state index in [1.807, 2.05) is 13.8 Å². The quantitative estimate of drug-likeness (QED) is 0.245. The molecule has 3 amide bonds. The van der Waals surface area contributed by atoms with Gasteiger partial charge in [-0.25, -0.2) is 28.8 Å². The number of aliphatic carboxylic acids is 1. The molecule has 3 heterocycles. The smallest absolute Gasteiger partial charge is 0.411 e. The molecule has 63 heavy (non-hydrogen) atoms. The van der Waals surface area contributed by atoms with Crippen LogP contribution in [0.5, 0.6) is 0 Å². The van der Waals surface area contributed by atoms with E-state index in [0.29, 0.717) is 12.5 Å². The van der Waals surface area contributed by atoms with E-state index in [1.54, 1.807) is 97.1 Å². The lowest BCUT2D eigenvalue weighted by Crippen LogP contribution is -2.74. The normalized spacial score (nSPS) is 27.0. The van der Waals surface area contributed by atoms with Crippen molar-refractivity contribution in [3.8, 4) is 0 Å². The van der Waals surface area contributed by atoms with Gasteiger partial charge >= 0.3 is 36.2 Å². The van der Waals surface area contributed by atoms with E-state index < -0.39 is 75.9 Å². The number of likely N-dealkylation sites (tertiary alicyclic amines) is 3. The molecule has 0 aromatic rings. The van der Waals surface area contributed by atoms with Gasteiger partial charge < -0.3 is 48.1 Å². The summed E-state index contributed by atoms with van der Waals surface area (Å²) in [7, 11) is 5.35. The average molecular weight is 908 g/mol. The van der Waals surface area contributed by atoms with Crippen molar-refractivity contribution >= 4 is 42.0 Å². The molecule has 0 radical (unpaired) electrons. The van der Waals surface area contributed by atoms with Gasteiger partial charge in [-0.05, 0) is 116 Å². The fourth-order valence-electron chi connectivity index (χ4n) is 6.46. The second kappa shape index (κ2) is 23.6. The van der Waals surface area contributed by atoms with E-state index in [0.717, 1.165) is 20.0 Å². The van der Waals surface area contributed by atoms with Crippen LogP contribution in [0.4, 0.5) is 14.4 Å². The van der Waals surface area contributed by atoms with E-state index in [4.69, 9.17) is 48.1 Å². The van der Waals surface area contributed by atoms with Crippen molar-refractivity contribution in [1.82, 2.24) is 14.7 Å². The van der Waals surface area contributed by atoms with Crippen LogP contribution >= 0.6 is 0 Å². The maximum absolute atomic E-state index is 11.9. The molecule has 2 N–H and O–H groups in total. The van der Waals surface area contributed by atoms with Gasteiger partial charge in [0.15, 0.2) is 11.4 Å².